The van der Waals surface area contributed by atoms with Crippen molar-refractivity contribution in [3.63, 3.8) is 0 Å². The Bertz CT molecular complexity index is 651. The molecule has 106 valence electrons. The summed E-state index contributed by atoms with van der Waals surface area (Å²) in [6.45, 7) is 4.81. The third kappa shape index (κ3) is 3.10. The van der Waals surface area contributed by atoms with Gasteiger partial charge in [-0.25, -0.2) is 4.79 Å². The monoisotopic (exact) mass is 280 g/mol. The Labute approximate surface area is 113 Å². The number of hydrogen-bond donors (Lipinski definition) is 3. The zero-order valence-electron chi connectivity index (χ0n) is 10.6. The van der Waals surface area contributed by atoms with Gasteiger partial charge < -0.3 is 15.2 Å². The lowest BCUT2D eigenvalue weighted by molar-refractivity contribution is -0.113. The molecule has 0 aliphatic carbocycles. The number of nitrogens with one attached hydrogen (secondary N) is 2. The van der Waals surface area contributed by atoms with Crippen LogP contribution in [0.5, 0.6) is 5.75 Å². The van der Waals surface area contributed by atoms with Crippen molar-refractivity contribution in [2.24, 2.45) is 0 Å². The Morgan fingerprint density at radius 1 is 1.35 bits per heavy atom. The van der Waals surface area contributed by atoms with E-state index in [1.807, 2.05) is 5.32 Å². The summed E-state index contributed by atoms with van der Waals surface area (Å²) in [7, 11) is 0. The van der Waals surface area contributed by atoms with Crippen molar-refractivity contribution in [3.8, 4) is 5.75 Å². The number of hydrogen-bond acceptors (Lipinski definition) is 5. The fourth-order valence-electron chi connectivity index (χ4n) is 1.32. The van der Waals surface area contributed by atoms with Crippen LogP contribution in [0.3, 0.4) is 0 Å². The van der Waals surface area contributed by atoms with Crippen LogP contribution in [0, 0.1) is 0 Å². The molecular weight excluding hydrogens is 268 g/mol. The highest BCUT2D eigenvalue weighted by Gasteiger charge is 2.25. The quantitative estimate of drug-likeness (QED) is 0.382. The van der Waals surface area contributed by atoms with E-state index < -0.39 is 22.9 Å². The van der Waals surface area contributed by atoms with Gasteiger partial charge in [0.1, 0.15) is 18.0 Å². The first-order chi connectivity index (χ1) is 9.42. The van der Waals surface area contributed by atoms with E-state index in [0.29, 0.717) is 0 Å². The summed E-state index contributed by atoms with van der Waals surface area (Å²) in [6, 6.07) is 0. The summed E-state index contributed by atoms with van der Waals surface area (Å²) in [5.41, 5.74) is -2.33. The van der Waals surface area contributed by atoms with E-state index in [2.05, 4.69) is 11.9 Å². The molecule has 0 aliphatic heterocycles. The lowest BCUT2D eigenvalue weighted by Crippen LogP contribution is -2.39. The lowest BCUT2D eigenvalue weighted by Gasteiger charge is -2.13. The molecule has 1 rings (SSSR count). The van der Waals surface area contributed by atoms with Gasteiger partial charge in [0, 0.05) is 0 Å². The first kappa shape index (κ1) is 15.2. The van der Waals surface area contributed by atoms with Gasteiger partial charge in [0.05, 0.1) is 0 Å². The number of amides is 2. The largest absolute Gasteiger partial charge is 0.483 e. The summed E-state index contributed by atoms with van der Waals surface area (Å²) >= 11 is 0. The van der Waals surface area contributed by atoms with Gasteiger partial charge in [-0.3, -0.25) is 19.7 Å². The lowest BCUT2D eigenvalue weighted by atomic mass is 10.2. The van der Waals surface area contributed by atoms with Crippen molar-refractivity contribution in [2.75, 3.05) is 11.9 Å². The normalized spacial score (nSPS) is 10.9. The second-order valence-electron chi connectivity index (χ2n) is 3.55. The Balaban J connectivity index is 2.88. The minimum Gasteiger partial charge on any atom is -0.483 e. The van der Waals surface area contributed by atoms with Gasteiger partial charge in [0.15, 0.2) is 5.75 Å². The van der Waals surface area contributed by atoms with E-state index in [0.717, 1.165) is 0 Å². The first-order valence-corrected chi connectivity index (χ1v) is 5.47. The summed E-state index contributed by atoms with van der Waals surface area (Å²) < 4.78 is 4.94. The molecule has 0 atom stereocenters. The summed E-state index contributed by atoms with van der Waals surface area (Å²) in [6.07, 6.45) is 1.15. The average Bonchev–Trinajstić information content (AvgIpc) is 2.42. The molecule has 0 unspecified atom stereocenters. The van der Waals surface area contributed by atoms with E-state index in [9.17, 15) is 19.2 Å². The van der Waals surface area contributed by atoms with E-state index in [-0.39, 0.29) is 23.7 Å². The average molecular weight is 280 g/mol. The molecule has 8 heteroatoms. The molecule has 0 spiro atoms. The van der Waals surface area contributed by atoms with Crippen molar-refractivity contribution in [2.45, 2.75) is 6.92 Å². The van der Waals surface area contributed by atoms with Crippen LogP contribution in [0.4, 0.5) is 10.5 Å². The Morgan fingerprint density at radius 2 is 2.00 bits per heavy atom. The Morgan fingerprint density at radius 3 is 2.50 bits per heavy atom. The van der Waals surface area contributed by atoms with Gasteiger partial charge in [-0.05, 0) is 6.92 Å². The SMILES string of the molecule is C=CCOc1c(NC(=O)/C(=C/C)NC(=O)O)c(=O)c1=O. The van der Waals surface area contributed by atoms with Crippen molar-refractivity contribution in [1.29, 1.82) is 0 Å². The molecule has 0 heterocycles. The molecule has 1 aromatic carbocycles. The topological polar surface area (TPSA) is 122 Å². The van der Waals surface area contributed by atoms with Gasteiger partial charge in [0.25, 0.3) is 16.8 Å². The molecule has 2 amide bonds. The van der Waals surface area contributed by atoms with Crippen LogP contribution in [-0.2, 0) is 4.79 Å². The van der Waals surface area contributed by atoms with Gasteiger partial charge in [-0.2, -0.15) is 0 Å². The van der Waals surface area contributed by atoms with Gasteiger partial charge in [-0.15, -0.1) is 0 Å². The number of carbonyl (C=O) groups is 2. The number of rotatable bonds is 6. The van der Waals surface area contributed by atoms with E-state index in [1.54, 1.807) is 0 Å². The number of carbonyl (C=O) groups excluding carboxylic acids is 1. The minimum absolute atomic E-state index is 0.00241. The zero-order valence-corrected chi connectivity index (χ0v) is 10.6. The molecule has 1 aromatic rings. The predicted octanol–water partition coefficient (Wildman–Crippen LogP) is -0.0427. The van der Waals surface area contributed by atoms with Gasteiger partial charge >= 0.3 is 6.09 Å². The first-order valence-electron chi connectivity index (χ1n) is 5.47. The van der Waals surface area contributed by atoms with Crippen LogP contribution in [0.25, 0.3) is 0 Å². The molecule has 0 saturated heterocycles. The highest BCUT2D eigenvalue weighted by molar-refractivity contribution is 6.06. The zero-order chi connectivity index (χ0) is 15.3. The fraction of sp³-hybridized carbons (Fsp3) is 0.167. The van der Waals surface area contributed by atoms with Crippen molar-refractivity contribution in [1.82, 2.24) is 5.32 Å². The second-order valence-corrected chi connectivity index (χ2v) is 3.55. The fourth-order valence-corrected chi connectivity index (χ4v) is 1.32. The molecule has 20 heavy (non-hydrogen) atoms. The van der Waals surface area contributed by atoms with Crippen LogP contribution >= 0.6 is 0 Å². The van der Waals surface area contributed by atoms with Crippen molar-refractivity contribution < 1.29 is 19.4 Å². The van der Waals surface area contributed by atoms with E-state index >= 15 is 0 Å². The summed E-state index contributed by atoms with van der Waals surface area (Å²) in [5, 5.41) is 12.5. The van der Waals surface area contributed by atoms with Crippen LogP contribution < -0.4 is 26.2 Å². The van der Waals surface area contributed by atoms with Crippen molar-refractivity contribution in [3.05, 3.63) is 44.9 Å². The number of ether oxygens (including phenoxy) is 1. The van der Waals surface area contributed by atoms with Crippen LogP contribution in [-0.4, -0.2) is 23.7 Å². The molecule has 0 saturated carbocycles. The third-order valence-corrected chi connectivity index (χ3v) is 2.23. The standard InChI is InChI=1S/C12H12N2O6/c1-3-5-20-10-7(8(15)9(10)16)14-11(17)6(4-2)13-12(18)19/h3-4,13H,1,5H2,2H3,(H,14,17)(H,18,19)/b6-4-. The highest BCUT2D eigenvalue weighted by atomic mass is 16.5. The van der Waals surface area contributed by atoms with Crippen LogP contribution in [0.15, 0.2) is 34.0 Å². The highest BCUT2D eigenvalue weighted by Crippen LogP contribution is 2.17. The molecule has 0 aliphatic rings. The number of anilines is 1. The van der Waals surface area contributed by atoms with E-state index in [4.69, 9.17) is 9.84 Å². The molecule has 0 radical (unpaired) electrons. The van der Waals surface area contributed by atoms with Crippen LogP contribution in [0.2, 0.25) is 0 Å². The maximum atomic E-state index is 11.7. The van der Waals surface area contributed by atoms with Gasteiger partial charge in [0.2, 0.25) is 0 Å². The molecule has 0 aromatic heterocycles. The maximum Gasteiger partial charge on any atom is 0.409 e. The Kier molecular flexibility index (Phi) is 4.79. The summed E-state index contributed by atoms with van der Waals surface area (Å²) in [5.74, 6) is -1.14. The van der Waals surface area contributed by atoms with E-state index in [1.165, 1.54) is 19.1 Å². The second kappa shape index (κ2) is 6.32. The molecule has 8 nitrogen and oxygen atoms in total. The molecule has 3 N–H and O–H groups in total. The van der Waals surface area contributed by atoms with Crippen molar-refractivity contribution >= 4 is 17.7 Å². The number of carboxylic acid groups (broad SMARTS) is 1. The predicted molar refractivity (Wildman–Crippen MR) is 70.6 cm³/mol. The number of allylic oxidation sites excluding steroid dienone is 1. The van der Waals surface area contributed by atoms with Crippen LogP contribution in [0.1, 0.15) is 6.92 Å². The van der Waals surface area contributed by atoms with Gasteiger partial charge in [-0.1, -0.05) is 18.7 Å². The smallest absolute Gasteiger partial charge is 0.409 e. The maximum absolute atomic E-state index is 11.7. The molecule has 0 bridgehead atoms. The molecule has 0 fully saturated rings. The molecular formula is C12H12N2O6. The summed E-state index contributed by atoms with van der Waals surface area (Å²) in [4.78, 5) is 44.7. The third-order valence-electron chi connectivity index (χ3n) is 2.23. The Hall–Kier alpha value is -2.90. The minimum atomic E-state index is -1.43.